The molecule has 3 rings (SSSR count). The Kier molecular flexibility index (Phi) is 4.53. The number of hydrogen-bond acceptors (Lipinski definition) is 5. The molecule has 0 saturated carbocycles. The number of amidine groups is 1. The molecule has 0 saturated heterocycles. The fourth-order valence-corrected chi connectivity index (χ4v) is 3.11. The molecule has 5 nitrogen and oxygen atoms in total. The lowest BCUT2D eigenvalue weighted by Crippen LogP contribution is -2.43. The number of allylic oxidation sites excluding steroid dienone is 2. The van der Waals surface area contributed by atoms with Crippen LogP contribution in [0.2, 0.25) is 0 Å². The van der Waals surface area contributed by atoms with Crippen molar-refractivity contribution in [2.24, 2.45) is 9.98 Å². The first-order chi connectivity index (χ1) is 12.0. The molecule has 0 aliphatic carbocycles. The number of carbonyl (C=O) groups is 1. The molecule has 0 bridgehead atoms. The van der Waals surface area contributed by atoms with Gasteiger partial charge in [-0.05, 0) is 38.5 Å². The number of hydrogen-bond donors (Lipinski definition) is 1. The van der Waals surface area contributed by atoms with Crippen LogP contribution in [-0.4, -0.2) is 24.1 Å². The summed E-state index contributed by atoms with van der Waals surface area (Å²) in [6, 6.07) is 6.01. The summed E-state index contributed by atoms with van der Waals surface area (Å²) >= 11 is 0. The van der Waals surface area contributed by atoms with E-state index in [1.807, 2.05) is 19.9 Å². The Bertz CT molecular complexity index is 822. The number of halogens is 1. The standard InChI is InChI=1S/C19H20FN3O2/c1-4-25-18(24)16-12(2)22-17(15-6-5-11-21-15)23-19(16,3)13-7-9-14(20)10-8-13/h5,7-11H,4,6H2,1-3H3,(H,22,23). The van der Waals surface area contributed by atoms with E-state index < -0.39 is 11.5 Å². The SMILES string of the molecule is CCOC(=O)C1=C(C)NC(C2=NC=CC2)=NC1(C)c1ccc(F)cc1. The van der Waals surface area contributed by atoms with E-state index in [4.69, 9.17) is 9.73 Å². The van der Waals surface area contributed by atoms with Gasteiger partial charge in [0.15, 0.2) is 0 Å². The van der Waals surface area contributed by atoms with Gasteiger partial charge >= 0.3 is 5.97 Å². The van der Waals surface area contributed by atoms with Gasteiger partial charge in [-0.25, -0.2) is 9.18 Å². The average molecular weight is 341 g/mol. The van der Waals surface area contributed by atoms with Crippen molar-refractivity contribution >= 4 is 17.5 Å². The van der Waals surface area contributed by atoms with E-state index >= 15 is 0 Å². The zero-order valence-electron chi connectivity index (χ0n) is 14.5. The smallest absolute Gasteiger partial charge is 0.338 e. The minimum Gasteiger partial charge on any atom is -0.463 e. The minimum atomic E-state index is -0.990. The Labute approximate surface area is 146 Å². The number of nitrogens with zero attached hydrogens (tertiary/aromatic N) is 2. The van der Waals surface area contributed by atoms with Crippen molar-refractivity contribution in [3.8, 4) is 0 Å². The first kappa shape index (κ1) is 17.1. The molecule has 1 unspecified atom stereocenters. The largest absolute Gasteiger partial charge is 0.463 e. The van der Waals surface area contributed by atoms with Crippen LogP contribution in [0.5, 0.6) is 0 Å². The Morgan fingerprint density at radius 3 is 2.68 bits per heavy atom. The molecule has 1 aromatic carbocycles. The fraction of sp³-hybridized carbons (Fsp3) is 0.316. The molecule has 2 aliphatic rings. The van der Waals surface area contributed by atoms with Crippen LogP contribution in [0.15, 0.2) is 57.8 Å². The fourth-order valence-electron chi connectivity index (χ4n) is 3.11. The highest BCUT2D eigenvalue weighted by Gasteiger charge is 2.41. The van der Waals surface area contributed by atoms with Crippen molar-refractivity contribution in [2.45, 2.75) is 32.7 Å². The Hall–Kier alpha value is -2.76. The third kappa shape index (κ3) is 3.12. The molecule has 1 atom stereocenters. The Morgan fingerprint density at radius 2 is 2.08 bits per heavy atom. The second-order valence-electron chi connectivity index (χ2n) is 6.05. The number of esters is 1. The maximum atomic E-state index is 13.4. The molecule has 25 heavy (non-hydrogen) atoms. The molecule has 0 fully saturated rings. The molecule has 1 N–H and O–H groups in total. The quantitative estimate of drug-likeness (QED) is 0.855. The van der Waals surface area contributed by atoms with E-state index in [0.717, 1.165) is 5.71 Å². The van der Waals surface area contributed by atoms with E-state index in [1.54, 1.807) is 25.3 Å². The van der Waals surface area contributed by atoms with E-state index in [9.17, 15) is 9.18 Å². The van der Waals surface area contributed by atoms with Crippen LogP contribution in [-0.2, 0) is 15.1 Å². The van der Waals surface area contributed by atoms with Gasteiger partial charge in [0.25, 0.3) is 0 Å². The lowest BCUT2D eigenvalue weighted by molar-refractivity contribution is -0.139. The van der Waals surface area contributed by atoms with Crippen molar-refractivity contribution in [1.29, 1.82) is 0 Å². The monoisotopic (exact) mass is 341 g/mol. The summed E-state index contributed by atoms with van der Waals surface area (Å²) in [6.45, 7) is 5.67. The third-order valence-corrected chi connectivity index (χ3v) is 4.31. The molecule has 0 aromatic heterocycles. The van der Waals surface area contributed by atoms with Crippen molar-refractivity contribution in [3.05, 3.63) is 59.2 Å². The summed E-state index contributed by atoms with van der Waals surface area (Å²) in [5, 5.41) is 3.17. The second-order valence-corrected chi connectivity index (χ2v) is 6.05. The van der Waals surface area contributed by atoms with Gasteiger partial charge in [-0.3, -0.25) is 9.98 Å². The topological polar surface area (TPSA) is 63.0 Å². The zero-order chi connectivity index (χ0) is 18.0. The number of nitrogens with one attached hydrogen (secondary N) is 1. The Balaban J connectivity index is 2.12. The van der Waals surface area contributed by atoms with Crippen molar-refractivity contribution < 1.29 is 13.9 Å². The zero-order valence-corrected chi connectivity index (χ0v) is 14.5. The van der Waals surface area contributed by atoms with Crippen LogP contribution in [0.3, 0.4) is 0 Å². The maximum absolute atomic E-state index is 13.4. The number of ether oxygens (including phenoxy) is 1. The van der Waals surface area contributed by atoms with Gasteiger partial charge in [0.05, 0.1) is 17.9 Å². The van der Waals surface area contributed by atoms with Crippen LogP contribution in [0.1, 0.15) is 32.8 Å². The van der Waals surface area contributed by atoms with Crippen LogP contribution in [0.4, 0.5) is 4.39 Å². The molecule has 2 aliphatic heterocycles. The average Bonchev–Trinajstić information content (AvgIpc) is 3.09. The van der Waals surface area contributed by atoms with Gasteiger partial charge in [-0.2, -0.15) is 0 Å². The summed E-state index contributed by atoms with van der Waals surface area (Å²) in [7, 11) is 0. The number of carbonyl (C=O) groups excluding carboxylic acids is 1. The molecule has 0 amide bonds. The van der Waals surface area contributed by atoms with Crippen molar-refractivity contribution in [2.75, 3.05) is 6.61 Å². The summed E-state index contributed by atoms with van der Waals surface area (Å²) in [6.07, 6.45) is 4.34. The minimum absolute atomic E-state index is 0.266. The van der Waals surface area contributed by atoms with Crippen LogP contribution in [0.25, 0.3) is 0 Å². The van der Waals surface area contributed by atoms with Gasteiger partial charge < -0.3 is 10.1 Å². The Morgan fingerprint density at radius 1 is 1.36 bits per heavy atom. The van der Waals surface area contributed by atoms with E-state index in [-0.39, 0.29) is 12.4 Å². The van der Waals surface area contributed by atoms with E-state index in [0.29, 0.717) is 29.1 Å². The lowest BCUT2D eigenvalue weighted by Gasteiger charge is -2.34. The van der Waals surface area contributed by atoms with Gasteiger partial charge in [0, 0.05) is 18.3 Å². The highest BCUT2D eigenvalue weighted by atomic mass is 19.1. The van der Waals surface area contributed by atoms with E-state index in [2.05, 4.69) is 10.3 Å². The molecule has 0 spiro atoms. The molecular formula is C19H20FN3O2. The molecule has 130 valence electrons. The predicted molar refractivity (Wildman–Crippen MR) is 94.8 cm³/mol. The van der Waals surface area contributed by atoms with Crippen LogP contribution in [0, 0.1) is 5.82 Å². The third-order valence-electron chi connectivity index (χ3n) is 4.31. The number of rotatable bonds is 4. The highest BCUT2D eigenvalue weighted by Crippen LogP contribution is 2.38. The van der Waals surface area contributed by atoms with Gasteiger partial charge in [0.1, 0.15) is 17.2 Å². The van der Waals surface area contributed by atoms with Crippen LogP contribution >= 0.6 is 0 Å². The highest BCUT2D eigenvalue weighted by molar-refractivity contribution is 6.43. The first-order valence-corrected chi connectivity index (χ1v) is 8.19. The molecular weight excluding hydrogens is 321 g/mol. The first-order valence-electron chi connectivity index (χ1n) is 8.19. The second kappa shape index (κ2) is 6.63. The molecule has 6 heteroatoms. The summed E-state index contributed by atoms with van der Waals surface area (Å²) < 4.78 is 18.6. The predicted octanol–water partition coefficient (Wildman–Crippen LogP) is 3.24. The van der Waals surface area contributed by atoms with E-state index in [1.165, 1.54) is 12.1 Å². The summed E-state index contributed by atoms with van der Waals surface area (Å²) in [5.41, 5.74) is 1.59. The summed E-state index contributed by atoms with van der Waals surface area (Å²) in [5.74, 6) is -0.163. The molecule has 0 radical (unpaired) electrons. The van der Waals surface area contributed by atoms with Gasteiger partial charge in [-0.1, -0.05) is 18.2 Å². The van der Waals surface area contributed by atoms with Gasteiger partial charge in [-0.15, -0.1) is 0 Å². The van der Waals surface area contributed by atoms with Crippen LogP contribution < -0.4 is 5.32 Å². The molecule has 2 heterocycles. The van der Waals surface area contributed by atoms with Gasteiger partial charge in [0.2, 0.25) is 0 Å². The molecule has 1 aromatic rings. The van der Waals surface area contributed by atoms with Crippen molar-refractivity contribution in [1.82, 2.24) is 5.32 Å². The normalized spacial score (nSPS) is 22.4. The lowest BCUT2D eigenvalue weighted by atomic mass is 9.82. The van der Waals surface area contributed by atoms with Crippen molar-refractivity contribution in [3.63, 3.8) is 0 Å². The maximum Gasteiger partial charge on any atom is 0.338 e. The summed E-state index contributed by atoms with van der Waals surface area (Å²) in [4.78, 5) is 21.7. The number of benzene rings is 1. The number of aliphatic imine (C=N–C) groups is 2.